The Kier molecular flexibility index (Phi) is 3.83. The van der Waals surface area contributed by atoms with E-state index in [1.807, 2.05) is 13.8 Å². The summed E-state index contributed by atoms with van der Waals surface area (Å²) in [6.07, 6.45) is 5.53. The van der Waals surface area contributed by atoms with Crippen molar-refractivity contribution in [2.45, 2.75) is 59.3 Å². The highest BCUT2D eigenvalue weighted by Gasteiger charge is 2.37. The minimum Gasteiger partial charge on any atom is -0.455 e. The lowest BCUT2D eigenvalue weighted by atomic mass is 9.76. The normalized spacial score (nSPS) is 18.6. The zero-order valence-electron chi connectivity index (χ0n) is 14.8. The third kappa shape index (κ3) is 2.92. The number of rotatable bonds is 2. The van der Waals surface area contributed by atoms with Crippen molar-refractivity contribution in [3.05, 3.63) is 33.2 Å². The molecule has 0 saturated carbocycles. The van der Waals surface area contributed by atoms with Crippen LogP contribution in [0.5, 0.6) is 0 Å². The molecule has 4 rings (SSSR count). The highest BCUT2D eigenvalue weighted by atomic mass is 32.1. The van der Waals surface area contributed by atoms with E-state index in [1.165, 1.54) is 11.3 Å². The lowest BCUT2D eigenvalue weighted by molar-refractivity contribution is 0.0898. The highest BCUT2D eigenvalue weighted by molar-refractivity contribution is 7.15. The van der Waals surface area contributed by atoms with Crippen molar-refractivity contribution in [2.75, 3.05) is 5.32 Å². The lowest BCUT2D eigenvalue weighted by Crippen LogP contribution is -2.26. The van der Waals surface area contributed by atoms with Crippen LogP contribution in [-0.4, -0.2) is 16.7 Å². The van der Waals surface area contributed by atoms with Gasteiger partial charge in [-0.15, -0.1) is 11.3 Å². The summed E-state index contributed by atoms with van der Waals surface area (Å²) in [5.41, 5.74) is 2.23. The van der Waals surface area contributed by atoms with E-state index in [0.29, 0.717) is 34.9 Å². The van der Waals surface area contributed by atoms with E-state index in [4.69, 9.17) is 4.42 Å². The molecule has 2 aliphatic carbocycles. The first kappa shape index (κ1) is 16.5. The third-order valence-corrected chi connectivity index (χ3v) is 6.12. The monoisotopic (exact) mass is 358 g/mol. The van der Waals surface area contributed by atoms with Crippen LogP contribution in [0.3, 0.4) is 0 Å². The summed E-state index contributed by atoms with van der Waals surface area (Å²) >= 11 is 1.55. The van der Waals surface area contributed by atoms with Crippen LogP contribution in [0.1, 0.15) is 75.9 Å². The summed E-state index contributed by atoms with van der Waals surface area (Å²) in [5.74, 6) is 0.631. The molecule has 0 atom stereocenters. The molecule has 2 aromatic heterocycles. The predicted molar refractivity (Wildman–Crippen MR) is 96.6 cm³/mol. The summed E-state index contributed by atoms with van der Waals surface area (Å²) < 4.78 is 5.82. The number of furan rings is 1. The highest BCUT2D eigenvalue weighted by Crippen LogP contribution is 2.38. The van der Waals surface area contributed by atoms with E-state index in [-0.39, 0.29) is 22.9 Å². The molecule has 132 valence electrons. The quantitative estimate of drug-likeness (QED) is 0.867. The summed E-state index contributed by atoms with van der Waals surface area (Å²) in [5, 5.41) is 3.49. The molecule has 0 bridgehead atoms. The molecule has 2 aromatic rings. The number of nitrogens with zero attached hydrogens (tertiary/aromatic N) is 1. The number of carbonyl (C=O) groups is 2. The smallest absolute Gasteiger partial charge is 0.293 e. The molecule has 0 fully saturated rings. The Balaban J connectivity index is 1.61. The number of nitrogens with one attached hydrogen (secondary N) is 1. The largest absolute Gasteiger partial charge is 0.455 e. The minimum atomic E-state index is -0.316. The fraction of sp³-hybridized carbons (Fsp3) is 0.526. The van der Waals surface area contributed by atoms with Crippen LogP contribution in [-0.2, 0) is 19.3 Å². The number of aromatic nitrogens is 1. The maximum Gasteiger partial charge on any atom is 0.293 e. The first-order valence-electron chi connectivity index (χ1n) is 8.79. The Hall–Kier alpha value is -1.95. The fourth-order valence-corrected chi connectivity index (χ4v) is 4.90. The molecular formula is C19H22N2O3S. The van der Waals surface area contributed by atoms with Crippen LogP contribution in [0.2, 0.25) is 0 Å². The molecule has 0 unspecified atom stereocenters. The number of Topliss-reactive ketones (excluding diaryl/α,β-unsaturated/α-hetero) is 1. The molecule has 0 spiro atoms. The zero-order valence-corrected chi connectivity index (χ0v) is 15.6. The van der Waals surface area contributed by atoms with Crippen molar-refractivity contribution in [1.29, 1.82) is 0 Å². The average Bonchev–Trinajstić information content (AvgIpc) is 3.06. The van der Waals surface area contributed by atoms with E-state index in [2.05, 4.69) is 10.3 Å². The van der Waals surface area contributed by atoms with Gasteiger partial charge in [0, 0.05) is 23.3 Å². The Morgan fingerprint density at radius 3 is 2.76 bits per heavy atom. The first-order chi connectivity index (χ1) is 11.8. The van der Waals surface area contributed by atoms with Crippen LogP contribution >= 0.6 is 11.3 Å². The number of hydrogen-bond donors (Lipinski definition) is 1. The molecule has 2 heterocycles. The number of amides is 1. The summed E-state index contributed by atoms with van der Waals surface area (Å²) in [6, 6.07) is 0. The van der Waals surface area contributed by atoms with Gasteiger partial charge in [-0.3, -0.25) is 14.9 Å². The maximum absolute atomic E-state index is 12.7. The molecule has 0 radical (unpaired) electrons. The van der Waals surface area contributed by atoms with Crippen molar-refractivity contribution < 1.29 is 14.0 Å². The Labute approximate surface area is 150 Å². The molecule has 0 saturated heterocycles. The van der Waals surface area contributed by atoms with Crippen LogP contribution in [0.25, 0.3) is 0 Å². The molecule has 0 aromatic carbocycles. The van der Waals surface area contributed by atoms with Gasteiger partial charge in [0.25, 0.3) is 5.91 Å². The summed E-state index contributed by atoms with van der Waals surface area (Å²) in [7, 11) is 0. The van der Waals surface area contributed by atoms with Gasteiger partial charge in [-0.2, -0.15) is 0 Å². The van der Waals surface area contributed by atoms with Crippen LogP contribution in [0, 0.1) is 12.3 Å². The van der Waals surface area contributed by atoms with Crippen molar-refractivity contribution >= 4 is 28.2 Å². The molecule has 5 nitrogen and oxygen atoms in total. The van der Waals surface area contributed by atoms with Crippen molar-refractivity contribution in [3.63, 3.8) is 0 Å². The molecule has 2 aliphatic rings. The van der Waals surface area contributed by atoms with Crippen LogP contribution in [0.4, 0.5) is 5.13 Å². The van der Waals surface area contributed by atoms with Gasteiger partial charge in [0.2, 0.25) is 0 Å². The number of anilines is 1. The molecule has 6 heteroatoms. The van der Waals surface area contributed by atoms with Crippen molar-refractivity contribution in [3.8, 4) is 0 Å². The van der Waals surface area contributed by atoms with Crippen molar-refractivity contribution in [1.82, 2.24) is 4.98 Å². The van der Waals surface area contributed by atoms with Gasteiger partial charge in [0.1, 0.15) is 5.76 Å². The van der Waals surface area contributed by atoms with E-state index in [1.54, 1.807) is 18.3 Å². The van der Waals surface area contributed by atoms with Gasteiger partial charge < -0.3 is 4.42 Å². The number of carbonyl (C=O) groups excluding carboxylic acids is 2. The van der Waals surface area contributed by atoms with Crippen molar-refractivity contribution in [2.24, 2.45) is 5.41 Å². The maximum atomic E-state index is 12.7. The molecular weight excluding hydrogens is 336 g/mol. The molecule has 0 aliphatic heterocycles. The second kappa shape index (κ2) is 5.80. The fourth-order valence-electron chi connectivity index (χ4n) is 3.86. The topological polar surface area (TPSA) is 72.2 Å². The minimum absolute atomic E-state index is 0.0660. The number of aryl methyl sites for hydroxylation is 2. The molecule has 1 amide bonds. The number of fused-ring (bicyclic) bond motifs is 2. The molecule has 1 N–H and O–H groups in total. The SMILES string of the molecule is Cc1c(C(=O)Nc2nc3c(s2)CCCC3)oc2c1C(=O)CC(C)(C)C2. The first-order valence-corrected chi connectivity index (χ1v) is 9.61. The van der Waals surface area contributed by atoms with Gasteiger partial charge >= 0.3 is 0 Å². The predicted octanol–water partition coefficient (Wildman–Crippen LogP) is 4.33. The Morgan fingerprint density at radius 1 is 1.24 bits per heavy atom. The standard InChI is InChI=1S/C19H22N2O3S/c1-10-15-12(22)8-19(2,3)9-13(15)24-16(10)17(23)21-18-20-11-6-4-5-7-14(11)25-18/h4-9H2,1-3H3,(H,20,21,23). The Morgan fingerprint density at radius 2 is 2.00 bits per heavy atom. The zero-order chi connectivity index (χ0) is 17.8. The van der Waals surface area contributed by atoms with E-state index < -0.39 is 0 Å². The van der Waals surface area contributed by atoms with Gasteiger partial charge in [-0.25, -0.2) is 4.98 Å². The van der Waals surface area contributed by atoms with Gasteiger partial charge in [-0.1, -0.05) is 13.8 Å². The van der Waals surface area contributed by atoms with E-state index in [0.717, 1.165) is 25.0 Å². The van der Waals surface area contributed by atoms with Gasteiger partial charge in [-0.05, 0) is 38.0 Å². The van der Waals surface area contributed by atoms with Crippen LogP contribution in [0.15, 0.2) is 4.42 Å². The van der Waals surface area contributed by atoms with Gasteiger partial charge in [0.05, 0.1) is 11.3 Å². The molecule has 25 heavy (non-hydrogen) atoms. The lowest BCUT2D eigenvalue weighted by Gasteiger charge is -2.27. The second-order valence-corrected chi connectivity index (χ2v) is 8.93. The van der Waals surface area contributed by atoms with E-state index >= 15 is 0 Å². The number of ketones is 1. The summed E-state index contributed by atoms with van der Waals surface area (Å²) in [6.45, 7) is 5.89. The van der Waals surface area contributed by atoms with Crippen LogP contribution < -0.4 is 5.32 Å². The summed E-state index contributed by atoms with van der Waals surface area (Å²) in [4.78, 5) is 30.9. The number of hydrogen-bond acceptors (Lipinski definition) is 5. The second-order valence-electron chi connectivity index (χ2n) is 7.85. The average molecular weight is 358 g/mol. The van der Waals surface area contributed by atoms with Gasteiger partial charge in [0.15, 0.2) is 16.7 Å². The number of thiazole rings is 1. The third-order valence-electron chi connectivity index (χ3n) is 5.05. The van der Waals surface area contributed by atoms with E-state index in [9.17, 15) is 9.59 Å². The Bertz CT molecular complexity index is 852.